The van der Waals surface area contributed by atoms with Gasteiger partial charge in [0.25, 0.3) is 0 Å². The Morgan fingerprint density at radius 1 is 1.05 bits per heavy atom. The summed E-state index contributed by atoms with van der Waals surface area (Å²) in [5, 5.41) is 12.1. The first-order valence-electron chi connectivity index (χ1n) is 7.31. The molecule has 2 aromatic carbocycles. The Balaban J connectivity index is 1.66. The Hall–Kier alpha value is -2.13. The molecular formula is C18H19NO2. The van der Waals surface area contributed by atoms with E-state index in [2.05, 4.69) is 53.8 Å². The number of hydrogen-bond acceptors (Lipinski definition) is 2. The van der Waals surface area contributed by atoms with Gasteiger partial charge in [-0.2, -0.15) is 0 Å². The molecule has 1 unspecified atom stereocenters. The highest BCUT2D eigenvalue weighted by Crippen LogP contribution is 2.26. The second-order valence-corrected chi connectivity index (χ2v) is 5.64. The third-order valence-corrected chi connectivity index (χ3v) is 4.13. The number of carboxylic acid groups (broad SMARTS) is 1. The van der Waals surface area contributed by atoms with Crippen LogP contribution in [0.4, 0.5) is 0 Å². The van der Waals surface area contributed by atoms with Crippen LogP contribution in [-0.2, 0) is 11.2 Å². The molecule has 0 aromatic heterocycles. The van der Waals surface area contributed by atoms with Crippen LogP contribution < -0.4 is 5.32 Å². The van der Waals surface area contributed by atoms with Gasteiger partial charge in [0.05, 0.1) is 0 Å². The van der Waals surface area contributed by atoms with E-state index in [4.69, 9.17) is 5.11 Å². The van der Waals surface area contributed by atoms with Gasteiger partial charge in [-0.15, -0.1) is 0 Å². The second-order valence-electron chi connectivity index (χ2n) is 5.64. The highest BCUT2D eigenvalue weighted by atomic mass is 16.4. The zero-order valence-electron chi connectivity index (χ0n) is 11.8. The summed E-state index contributed by atoms with van der Waals surface area (Å²) in [4.78, 5) is 11.0. The lowest BCUT2D eigenvalue weighted by atomic mass is 9.94. The fourth-order valence-electron chi connectivity index (χ4n) is 2.92. The van der Waals surface area contributed by atoms with Crippen molar-refractivity contribution >= 4 is 5.97 Å². The summed E-state index contributed by atoms with van der Waals surface area (Å²) >= 11 is 0. The molecule has 3 rings (SSSR count). The molecule has 1 heterocycles. The summed E-state index contributed by atoms with van der Waals surface area (Å²) in [6.45, 7) is 0.745. The average molecular weight is 281 g/mol. The van der Waals surface area contributed by atoms with Gasteiger partial charge >= 0.3 is 5.97 Å². The number of benzene rings is 2. The molecule has 3 heteroatoms. The highest BCUT2D eigenvalue weighted by Gasteiger charge is 2.29. The van der Waals surface area contributed by atoms with Crippen molar-refractivity contribution in [1.29, 1.82) is 0 Å². The Kier molecular flexibility index (Phi) is 4.02. The van der Waals surface area contributed by atoms with E-state index in [0.717, 1.165) is 13.0 Å². The van der Waals surface area contributed by atoms with Crippen molar-refractivity contribution in [1.82, 2.24) is 5.32 Å². The molecule has 3 nitrogen and oxygen atoms in total. The monoisotopic (exact) mass is 281 g/mol. The number of rotatable bonds is 4. The van der Waals surface area contributed by atoms with Gasteiger partial charge in [-0.25, -0.2) is 0 Å². The molecule has 0 amide bonds. The van der Waals surface area contributed by atoms with Crippen LogP contribution in [0.15, 0.2) is 54.6 Å². The van der Waals surface area contributed by atoms with E-state index < -0.39 is 12.0 Å². The standard InChI is InChI=1S/C18H19NO2/c20-18(21)17-11-16(12-19-17)15-8-6-14(7-9-15)10-13-4-2-1-3-5-13/h1-9,16-17,19H,10-12H2,(H,20,21)/t16?,17-/m0/s1. The fourth-order valence-corrected chi connectivity index (χ4v) is 2.92. The minimum absolute atomic E-state index is 0.303. The quantitative estimate of drug-likeness (QED) is 0.906. The Morgan fingerprint density at radius 2 is 1.71 bits per heavy atom. The van der Waals surface area contributed by atoms with E-state index in [1.54, 1.807) is 0 Å². The van der Waals surface area contributed by atoms with Gasteiger partial charge in [0.2, 0.25) is 0 Å². The minimum Gasteiger partial charge on any atom is -0.480 e. The molecule has 1 saturated heterocycles. The van der Waals surface area contributed by atoms with Gasteiger partial charge in [0.15, 0.2) is 0 Å². The van der Waals surface area contributed by atoms with E-state index in [1.807, 2.05) is 6.07 Å². The van der Waals surface area contributed by atoms with Crippen molar-refractivity contribution in [2.45, 2.75) is 24.8 Å². The van der Waals surface area contributed by atoms with Crippen LogP contribution in [0.3, 0.4) is 0 Å². The molecular weight excluding hydrogens is 262 g/mol. The molecule has 1 aliphatic rings. The Morgan fingerprint density at radius 3 is 2.33 bits per heavy atom. The molecule has 0 spiro atoms. The maximum absolute atomic E-state index is 11.0. The first-order chi connectivity index (χ1) is 10.2. The first kappa shape index (κ1) is 13.8. The molecule has 2 N–H and O–H groups in total. The van der Waals surface area contributed by atoms with Crippen molar-refractivity contribution in [3.63, 3.8) is 0 Å². The summed E-state index contributed by atoms with van der Waals surface area (Å²) in [6, 6.07) is 18.6. The van der Waals surface area contributed by atoms with Crippen molar-refractivity contribution < 1.29 is 9.90 Å². The van der Waals surface area contributed by atoms with E-state index in [9.17, 15) is 4.79 Å². The van der Waals surface area contributed by atoms with Crippen LogP contribution in [0.1, 0.15) is 29.0 Å². The van der Waals surface area contributed by atoms with E-state index in [1.165, 1.54) is 16.7 Å². The van der Waals surface area contributed by atoms with Crippen LogP contribution >= 0.6 is 0 Å². The van der Waals surface area contributed by atoms with Crippen LogP contribution in [0.5, 0.6) is 0 Å². The van der Waals surface area contributed by atoms with Crippen molar-refractivity contribution in [3.05, 3.63) is 71.3 Å². The third kappa shape index (κ3) is 3.31. The number of hydrogen-bond donors (Lipinski definition) is 2. The molecule has 1 aliphatic heterocycles. The van der Waals surface area contributed by atoms with Crippen molar-refractivity contribution in [2.75, 3.05) is 6.54 Å². The molecule has 21 heavy (non-hydrogen) atoms. The lowest BCUT2D eigenvalue weighted by molar-refractivity contribution is -0.139. The minimum atomic E-state index is -0.752. The molecule has 2 atom stereocenters. The molecule has 1 fully saturated rings. The summed E-state index contributed by atoms with van der Waals surface area (Å²) in [5.74, 6) is -0.449. The topological polar surface area (TPSA) is 49.3 Å². The molecule has 0 saturated carbocycles. The molecule has 0 aliphatic carbocycles. The van der Waals surface area contributed by atoms with Crippen LogP contribution in [0.2, 0.25) is 0 Å². The Labute approximate surface area is 124 Å². The normalized spacial score (nSPS) is 21.3. The van der Waals surface area contributed by atoms with E-state index in [-0.39, 0.29) is 0 Å². The molecule has 108 valence electrons. The lowest BCUT2D eigenvalue weighted by Gasteiger charge is -2.10. The van der Waals surface area contributed by atoms with Crippen LogP contribution in [0, 0.1) is 0 Å². The van der Waals surface area contributed by atoms with Gasteiger partial charge in [0, 0.05) is 6.54 Å². The summed E-state index contributed by atoms with van der Waals surface area (Å²) in [5.41, 5.74) is 3.81. The zero-order valence-corrected chi connectivity index (χ0v) is 11.8. The summed E-state index contributed by atoms with van der Waals surface area (Å²) in [6.07, 6.45) is 1.61. The fraction of sp³-hybridized carbons (Fsp3) is 0.278. The highest BCUT2D eigenvalue weighted by molar-refractivity contribution is 5.74. The second kappa shape index (κ2) is 6.10. The zero-order chi connectivity index (χ0) is 14.7. The SMILES string of the molecule is O=C(O)[C@@H]1CC(c2ccc(Cc3ccccc3)cc2)CN1. The average Bonchev–Trinajstić information content (AvgIpc) is 2.99. The van der Waals surface area contributed by atoms with Gasteiger partial charge in [-0.1, -0.05) is 54.6 Å². The van der Waals surface area contributed by atoms with Gasteiger partial charge in [-0.3, -0.25) is 4.79 Å². The van der Waals surface area contributed by atoms with Crippen molar-refractivity contribution in [2.24, 2.45) is 0 Å². The number of nitrogens with one attached hydrogen (secondary N) is 1. The first-order valence-corrected chi connectivity index (χ1v) is 7.31. The predicted molar refractivity (Wildman–Crippen MR) is 82.5 cm³/mol. The Bertz CT molecular complexity index is 607. The van der Waals surface area contributed by atoms with Gasteiger partial charge < -0.3 is 10.4 Å². The number of carboxylic acids is 1. The maximum Gasteiger partial charge on any atom is 0.320 e. The lowest BCUT2D eigenvalue weighted by Crippen LogP contribution is -2.29. The molecule has 0 radical (unpaired) electrons. The third-order valence-electron chi connectivity index (χ3n) is 4.13. The predicted octanol–water partition coefficient (Wildman–Crippen LogP) is 2.81. The largest absolute Gasteiger partial charge is 0.480 e. The van der Waals surface area contributed by atoms with Crippen LogP contribution in [0.25, 0.3) is 0 Å². The molecule has 0 bridgehead atoms. The maximum atomic E-state index is 11.0. The smallest absolute Gasteiger partial charge is 0.320 e. The van der Waals surface area contributed by atoms with E-state index in [0.29, 0.717) is 12.3 Å². The van der Waals surface area contributed by atoms with Crippen LogP contribution in [-0.4, -0.2) is 23.7 Å². The molecule has 2 aromatic rings. The summed E-state index contributed by atoms with van der Waals surface area (Å²) in [7, 11) is 0. The summed E-state index contributed by atoms with van der Waals surface area (Å²) < 4.78 is 0. The van der Waals surface area contributed by atoms with Crippen molar-refractivity contribution in [3.8, 4) is 0 Å². The number of aliphatic carboxylic acids is 1. The van der Waals surface area contributed by atoms with Gasteiger partial charge in [0.1, 0.15) is 6.04 Å². The van der Waals surface area contributed by atoms with Gasteiger partial charge in [-0.05, 0) is 35.4 Å². The van der Waals surface area contributed by atoms with E-state index >= 15 is 0 Å². The number of carbonyl (C=O) groups is 1.